The fourth-order valence-electron chi connectivity index (χ4n) is 0.213. The molecule has 0 fully saturated rings. The first-order valence-electron chi connectivity index (χ1n) is 1.84. The topological polar surface area (TPSA) is 54.4 Å². The van der Waals surface area contributed by atoms with E-state index >= 15 is 0 Å². The van der Waals surface area contributed by atoms with Gasteiger partial charge >= 0.3 is 5.97 Å². The number of carbonyl (C=O) groups excluding carboxylic acids is 1. The second-order valence-corrected chi connectivity index (χ2v) is 1.27. The number of ketones is 1. The molecular weight excluding hydrogens is 148 g/mol. The van der Waals surface area contributed by atoms with Crippen LogP contribution in [0.25, 0.3) is 0 Å². The normalized spacial score (nSPS) is 7.12. The standard InChI is InChI=1S/C4H6O3.Cr/c1-3(5)2-4(6)7;/h2H2,1H3,(H,6,7);. The Hall–Kier alpha value is -0.328. The van der Waals surface area contributed by atoms with Gasteiger partial charge in [0.05, 0.1) is 0 Å². The van der Waals surface area contributed by atoms with Crippen LogP contribution < -0.4 is 0 Å². The van der Waals surface area contributed by atoms with Gasteiger partial charge in [0, 0.05) is 17.4 Å². The molecule has 0 unspecified atom stereocenters. The molecule has 46 valence electrons. The van der Waals surface area contributed by atoms with E-state index in [1.807, 2.05) is 0 Å². The number of aliphatic carboxylic acids is 1. The van der Waals surface area contributed by atoms with Gasteiger partial charge in [-0.15, -0.1) is 0 Å². The molecule has 0 rings (SSSR count). The molecular formula is C4H6CrO3. The maximum atomic E-state index is 9.87. The maximum Gasteiger partial charge on any atom is 0.310 e. The number of carbonyl (C=O) groups is 2. The van der Waals surface area contributed by atoms with E-state index in [-0.39, 0.29) is 29.6 Å². The molecule has 4 heteroatoms. The van der Waals surface area contributed by atoms with Crippen molar-refractivity contribution in [3.63, 3.8) is 0 Å². The van der Waals surface area contributed by atoms with Crippen LogP contribution in [0.15, 0.2) is 0 Å². The van der Waals surface area contributed by atoms with Gasteiger partial charge in [-0.3, -0.25) is 9.59 Å². The van der Waals surface area contributed by atoms with Crippen molar-refractivity contribution >= 4 is 11.8 Å². The Morgan fingerprint density at radius 2 is 1.88 bits per heavy atom. The Balaban J connectivity index is 0. The Morgan fingerprint density at radius 3 is 1.88 bits per heavy atom. The molecule has 8 heavy (non-hydrogen) atoms. The molecule has 0 aliphatic carbocycles. The summed E-state index contributed by atoms with van der Waals surface area (Å²) in [4.78, 5) is 19.5. The summed E-state index contributed by atoms with van der Waals surface area (Å²) >= 11 is 0. The third-order valence-corrected chi connectivity index (χ3v) is 0.400. The summed E-state index contributed by atoms with van der Waals surface area (Å²) < 4.78 is 0. The molecule has 0 aliphatic heterocycles. The van der Waals surface area contributed by atoms with Crippen LogP contribution in [0.4, 0.5) is 0 Å². The Morgan fingerprint density at radius 1 is 1.50 bits per heavy atom. The Bertz CT molecular complexity index is 87.5. The minimum Gasteiger partial charge on any atom is -0.481 e. The van der Waals surface area contributed by atoms with Gasteiger partial charge in [0.2, 0.25) is 0 Å². The number of hydrogen-bond donors (Lipinski definition) is 1. The molecule has 0 bridgehead atoms. The van der Waals surface area contributed by atoms with Gasteiger partial charge in [0.15, 0.2) is 0 Å². The number of rotatable bonds is 2. The zero-order valence-electron chi connectivity index (χ0n) is 4.38. The van der Waals surface area contributed by atoms with Crippen molar-refractivity contribution in [1.82, 2.24) is 0 Å². The minimum absolute atomic E-state index is 0. The average molecular weight is 154 g/mol. The third-order valence-electron chi connectivity index (χ3n) is 0.400. The van der Waals surface area contributed by atoms with Gasteiger partial charge in [-0.1, -0.05) is 0 Å². The summed E-state index contributed by atoms with van der Waals surface area (Å²) in [7, 11) is 0. The molecule has 0 spiro atoms. The van der Waals surface area contributed by atoms with Crippen molar-refractivity contribution < 1.29 is 32.1 Å². The first-order valence-corrected chi connectivity index (χ1v) is 1.84. The third kappa shape index (κ3) is 9.18. The Labute approximate surface area is 57.8 Å². The Kier molecular flexibility index (Phi) is 6.40. The van der Waals surface area contributed by atoms with Crippen molar-refractivity contribution in [1.29, 1.82) is 0 Å². The van der Waals surface area contributed by atoms with Crippen LogP contribution in [0.1, 0.15) is 13.3 Å². The predicted octanol–water partition coefficient (Wildman–Crippen LogP) is 0.0476. The molecule has 0 aromatic heterocycles. The molecule has 1 N–H and O–H groups in total. The smallest absolute Gasteiger partial charge is 0.310 e. The SMILES string of the molecule is CC(=O)CC(=O)O.[Cr]. The summed E-state index contributed by atoms with van der Waals surface area (Å²) in [5, 5.41) is 7.86. The summed E-state index contributed by atoms with van der Waals surface area (Å²) in [6.07, 6.45) is -0.361. The molecule has 0 aromatic rings. The molecule has 0 radical (unpaired) electrons. The number of carboxylic acids is 1. The molecule has 0 aromatic carbocycles. The first-order chi connectivity index (χ1) is 3.13. The largest absolute Gasteiger partial charge is 0.481 e. The molecule has 0 saturated carbocycles. The molecule has 0 amide bonds. The summed E-state index contributed by atoms with van der Waals surface area (Å²) in [5.41, 5.74) is 0. The van der Waals surface area contributed by atoms with E-state index in [1.165, 1.54) is 6.92 Å². The van der Waals surface area contributed by atoms with E-state index in [9.17, 15) is 9.59 Å². The van der Waals surface area contributed by atoms with Crippen molar-refractivity contribution in [2.24, 2.45) is 0 Å². The van der Waals surface area contributed by atoms with Crippen molar-refractivity contribution in [3.8, 4) is 0 Å². The number of hydrogen-bond acceptors (Lipinski definition) is 2. The van der Waals surface area contributed by atoms with Crippen LogP contribution in [0.2, 0.25) is 0 Å². The van der Waals surface area contributed by atoms with E-state index in [0.29, 0.717) is 0 Å². The maximum absolute atomic E-state index is 9.87. The van der Waals surface area contributed by atoms with E-state index in [0.717, 1.165) is 0 Å². The van der Waals surface area contributed by atoms with Crippen LogP contribution >= 0.6 is 0 Å². The van der Waals surface area contributed by atoms with Crippen LogP contribution in [0, 0.1) is 0 Å². The predicted molar refractivity (Wildman–Crippen MR) is 22.9 cm³/mol. The van der Waals surface area contributed by atoms with E-state index < -0.39 is 5.97 Å². The monoisotopic (exact) mass is 154 g/mol. The molecule has 3 nitrogen and oxygen atoms in total. The zero-order valence-corrected chi connectivity index (χ0v) is 5.65. The van der Waals surface area contributed by atoms with Crippen molar-refractivity contribution in [2.45, 2.75) is 13.3 Å². The van der Waals surface area contributed by atoms with Gasteiger partial charge in [0.1, 0.15) is 12.2 Å². The van der Waals surface area contributed by atoms with Crippen LogP contribution in [-0.2, 0) is 27.0 Å². The fraction of sp³-hybridized carbons (Fsp3) is 0.500. The average Bonchev–Trinajstić information content (AvgIpc) is 1.27. The van der Waals surface area contributed by atoms with Gasteiger partial charge in [-0.25, -0.2) is 0 Å². The fourth-order valence-corrected chi connectivity index (χ4v) is 0.213. The van der Waals surface area contributed by atoms with Crippen LogP contribution in [-0.4, -0.2) is 16.9 Å². The van der Waals surface area contributed by atoms with Crippen molar-refractivity contribution in [2.75, 3.05) is 0 Å². The quantitative estimate of drug-likeness (QED) is 0.571. The summed E-state index contributed by atoms with van der Waals surface area (Å²) in [6, 6.07) is 0. The molecule has 0 aliphatic rings. The molecule has 0 atom stereocenters. The second-order valence-electron chi connectivity index (χ2n) is 1.27. The van der Waals surface area contributed by atoms with Gasteiger partial charge in [-0.2, -0.15) is 0 Å². The second kappa shape index (κ2) is 4.82. The van der Waals surface area contributed by atoms with Gasteiger partial charge in [-0.05, 0) is 6.92 Å². The molecule has 0 heterocycles. The van der Waals surface area contributed by atoms with Crippen LogP contribution in [0.5, 0.6) is 0 Å². The summed E-state index contributed by atoms with van der Waals surface area (Å²) in [6.45, 7) is 1.24. The van der Waals surface area contributed by atoms with E-state index in [1.54, 1.807) is 0 Å². The minimum atomic E-state index is -1.06. The van der Waals surface area contributed by atoms with Gasteiger partial charge < -0.3 is 5.11 Å². The number of carboxylic acid groups (broad SMARTS) is 1. The van der Waals surface area contributed by atoms with E-state index in [4.69, 9.17) is 5.11 Å². The van der Waals surface area contributed by atoms with Crippen LogP contribution in [0.3, 0.4) is 0 Å². The van der Waals surface area contributed by atoms with E-state index in [2.05, 4.69) is 0 Å². The zero-order chi connectivity index (χ0) is 5.86. The van der Waals surface area contributed by atoms with Gasteiger partial charge in [0.25, 0.3) is 0 Å². The summed E-state index contributed by atoms with van der Waals surface area (Å²) in [5.74, 6) is -1.37. The number of Topliss-reactive ketones (excluding diaryl/α,β-unsaturated/α-hetero) is 1. The first kappa shape index (κ1) is 10.6. The molecule has 0 saturated heterocycles. The van der Waals surface area contributed by atoms with Crippen molar-refractivity contribution in [3.05, 3.63) is 0 Å².